The van der Waals surface area contributed by atoms with E-state index in [9.17, 15) is 9.18 Å². The Bertz CT molecular complexity index is 1170. The van der Waals surface area contributed by atoms with Gasteiger partial charge in [0.25, 0.3) is 5.91 Å². The van der Waals surface area contributed by atoms with Crippen molar-refractivity contribution in [3.8, 4) is 11.4 Å². The number of nitrogens with zero attached hydrogens (tertiary/aromatic N) is 4. The van der Waals surface area contributed by atoms with Crippen LogP contribution in [0.1, 0.15) is 21.8 Å². The van der Waals surface area contributed by atoms with E-state index in [4.69, 9.17) is 16.0 Å². The third kappa shape index (κ3) is 3.25. The third-order valence-electron chi connectivity index (χ3n) is 4.41. The van der Waals surface area contributed by atoms with E-state index in [0.717, 1.165) is 5.56 Å². The smallest absolute Gasteiger partial charge is 0.325 e. The van der Waals surface area contributed by atoms with E-state index in [1.165, 1.54) is 21.5 Å². The minimum atomic E-state index is -0.318. The number of oxazole rings is 1. The Balaban J connectivity index is 1.61. The van der Waals surface area contributed by atoms with Crippen LogP contribution in [0, 0.1) is 12.7 Å². The van der Waals surface area contributed by atoms with Crippen LogP contribution in [0.2, 0.25) is 5.02 Å². The quantitative estimate of drug-likeness (QED) is 0.512. The summed E-state index contributed by atoms with van der Waals surface area (Å²) in [5.41, 5.74) is 2.03. The van der Waals surface area contributed by atoms with E-state index >= 15 is 0 Å². The molecule has 0 aliphatic carbocycles. The fraction of sp³-hybridized carbons (Fsp3) is 0.150. The van der Waals surface area contributed by atoms with Gasteiger partial charge in [0, 0.05) is 19.2 Å². The maximum Gasteiger partial charge on any atom is 0.325 e. The second-order valence-corrected chi connectivity index (χ2v) is 6.82. The van der Waals surface area contributed by atoms with Crippen molar-refractivity contribution in [1.82, 2.24) is 19.5 Å². The van der Waals surface area contributed by atoms with Gasteiger partial charge in [-0.05, 0) is 36.8 Å². The van der Waals surface area contributed by atoms with E-state index < -0.39 is 0 Å². The molecule has 4 aromatic rings. The van der Waals surface area contributed by atoms with Crippen molar-refractivity contribution in [2.45, 2.75) is 13.5 Å². The molecule has 0 aliphatic heterocycles. The third-order valence-corrected chi connectivity index (χ3v) is 4.74. The topological polar surface area (TPSA) is 63.6 Å². The highest BCUT2D eigenvalue weighted by Crippen LogP contribution is 2.27. The van der Waals surface area contributed by atoms with Gasteiger partial charge in [-0.3, -0.25) is 4.79 Å². The molecule has 0 saturated carbocycles. The lowest BCUT2D eigenvalue weighted by Crippen LogP contribution is -2.26. The Kier molecular flexibility index (Phi) is 4.60. The molecule has 2 aromatic carbocycles. The molecule has 0 fully saturated rings. The van der Waals surface area contributed by atoms with Gasteiger partial charge in [0.15, 0.2) is 5.82 Å². The molecule has 0 atom stereocenters. The van der Waals surface area contributed by atoms with Gasteiger partial charge in [-0.15, -0.1) is 5.10 Å². The second-order valence-electron chi connectivity index (χ2n) is 6.41. The normalized spacial score (nSPS) is 11.1. The Morgan fingerprint density at radius 3 is 2.61 bits per heavy atom. The first-order valence-electron chi connectivity index (χ1n) is 8.55. The molecule has 0 saturated heterocycles. The van der Waals surface area contributed by atoms with Gasteiger partial charge >= 0.3 is 5.84 Å². The zero-order valence-electron chi connectivity index (χ0n) is 15.2. The van der Waals surface area contributed by atoms with Crippen LogP contribution in [0.3, 0.4) is 0 Å². The van der Waals surface area contributed by atoms with E-state index in [-0.39, 0.29) is 23.3 Å². The molecule has 0 unspecified atom stereocenters. The molecule has 0 radical (unpaired) electrons. The summed E-state index contributed by atoms with van der Waals surface area (Å²) in [5, 5.41) is 4.95. The van der Waals surface area contributed by atoms with E-state index in [1.807, 2.05) is 18.2 Å². The van der Waals surface area contributed by atoms with Crippen LogP contribution < -0.4 is 0 Å². The zero-order valence-corrected chi connectivity index (χ0v) is 15.9. The number of carbonyl (C=O) groups is 1. The lowest BCUT2D eigenvalue weighted by Gasteiger charge is -2.16. The van der Waals surface area contributed by atoms with Crippen LogP contribution >= 0.6 is 11.6 Å². The standard InChI is InChI=1S/C20H16ClFN4O2/c1-12-17(19(27)25(2)11-13-7-9-14(22)10-8-13)28-20-23-18(24-26(12)20)15-5-3-4-6-16(15)21/h3-10H,11H2,1-2H3. The number of rotatable bonds is 4. The Hall–Kier alpha value is -3.19. The van der Waals surface area contributed by atoms with Crippen molar-refractivity contribution < 1.29 is 13.6 Å². The van der Waals surface area contributed by atoms with Crippen LogP contribution in [0.25, 0.3) is 17.2 Å². The first-order valence-corrected chi connectivity index (χ1v) is 8.93. The minimum Gasteiger partial charge on any atom is -0.416 e. The lowest BCUT2D eigenvalue weighted by atomic mass is 10.2. The van der Waals surface area contributed by atoms with Gasteiger partial charge in [0.2, 0.25) is 5.76 Å². The van der Waals surface area contributed by atoms with Crippen LogP contribution in [0.15, 0.2) is 52.9 Å². The summed E-state index contributed by atoms with van der Waals surface area (Å²) in [6, 6.07) is 13.2. The molecule has 142 valence electrons. The van der Waals surface area contributed by atoms with Gasteiger partial charge < -0.3 is 9.32 Å². The first kappa shape index (κ1) is 18.2. The fourth-order valence-electron chi connectivity index (χ4n) is 2.91. The average molecular weight is 399 g/mol. The van der Waals surface area contributed by atoms with Gasteiger partial charge in [-0.2, -0.15) is 9.50 Å². The monoisotopic (exact) mass is 398 g/mol. The van der Waals surface area contributed by atoms with Crippen LogP contribution in [-0.4, -0.2) is 32.5 Å². The highest BCUT2D eigenvalue weighted by molar-refractivity contribution is 6.33. The van der Waals surface area contributed by atoms with Gasteiger partial charge in [0.1, 0.15) is 5.82 Å². The molecule has 6 nitrogen and oxygen atoms in total. The summed E-state index contributed by atoms with van der Waals surface area (Å²) in [6.07, 6.45) is 0. The molecule has 0 spiro atoms. The number of carbonyl (C=O) groups excluding carboxylic acids is 1. The number of hydrogen-bond donors (Lipinski definition) is 0. The van der Waals surface area contributed by atoms with Gasteiger partial charge in [-0.25, -0.2) is 4.39 Å². The summed E-state index contributed by atoms with van der Waals surface area (Å²) in [5.74, 6) is 0.164. The van der Waals surface area contributed by atoms with Crippen molar-refractivity contribution in [3.63, 3.8) is 0 Å². The van der Waals surface area contributed by atoms with Crippen molar-refractivity contribution in [3.05, 3.63) is 76.4 Å². The van der Waals surface area contributed by atoms with Crippen molar-refractivity contribution in [2.75, 3.05) is 7.05 Å². The predicted molar refractivity (Wildman–Crippen MR) is 103 cm³/mol. The summed E-state index contributed by atoms with van der Waals surface area (Å²) < 4.78 is 20.2. The SMILES string of the molecule is Cc1c(C(=O)N(C)Cc2ccc(F)cc2)oc2nc(-c3ccccc3Cl)nn12. The molecule has 0 bridgehead atoms. The number of benzene rings is 2. The number of hydrogen-bond acceptors (Lipinski definition) is 4. The molecule has 2 aromatic heterocycles. The Morgan fingerprint density at radius 2 is 1.93 bits per heavy atom. The summed E-state index contributed by atoms with van der Waals surface area (Å²) in [6.45, 7) is 2.06. The van der Waals surface area contributed by atoms with Gasteiger partial charge in [0.05, 0.1) is 10.7 Å². The average Bonchev–Trinajstić information content (AvgIpc) is 3.23. The van der Waals surface area contributed by atoms with Crippen molar-refractivity contribution >= 4 is 23.4 Å². The molecular weight excluding hydrogens is 383 g/mol. The van der Waals surface area contributed by atoms with Gasteiger partial charge in [-0.1, -0.05) is 35.9 Å². The molecule has 2 heterocycles. The highest BCUT2D eigenvalue weighted by atomic mass is 35.5. The minimum absolute atomic E-state index is 0.158. The molecule has 8 heteroatoms. The van der Waals surface area contributed by atoms with Crippen LogP contribution in [-0.2, 0) is 6.54 Å². The van der Waals surface area contributed by atoms with E-state index in [1.54, 1.807) is 32.2 Å². The van der Waals surface area contributed by atoms with Crippen molar-refractivity contribution in [1.29, 1.82) is 0 Å². The number of halogens is 2. The number of fused-ring (bicyclic) bond motifs is 1. The summed E-state index contributed by atoms with van der Waals surface area (Å²) >= 11 is 6.20. The van der Waals surface area contributed by atoms with Crippen LogP contribution in [0.5, 0.6) is 0 Å². The number of aryl methyl sites for hydroxylation is 1. The molecule has 4 rings (SSSR count). The Labute approximate surface area is 165 Å². The number of amides is 1. The van der Waals surface area contributed by atoms with Crippen molar-refractivity contribution in [2.24, 2.45) is 0 Å². The highest BCUT2D eigenvalue weighted by Gasteiger charge is 2.24. The molecule has 1 amide bonds. The maximum atomic E-state index is 13.0. The number of aromatic nitrogens is 3. The summed E-state index contributed by atoms with van der Waals surface area (Å²) in [7, 11) is 1.65. The predicted octanol–water partition coefficient (Wildman–Crippen LogP) is 4.36. The van der Waals surface area contributed by atoms with E-state index in [2.05, 4.69) is 10.1 Å². The zero-order chi connectivity index (χ0) is 19.8. The molecule has 28 heavy (non-hydrogen) atoms. The largest absolute Gasteiger partial charge is 0.416 e. The van der Waals surface area contributed by atoms with Crippen LogP contribution in [0.4, 0.5) is 4.39 Å². The molecular formula is C20H16ClFN4O2. The summed E-state index contributed by atoms with van der Waals surface area (Å²) in [4.78, 5) is 18.6. The lowest BCUT2D eigenvalue weighted by molar-refractivity contribution is 0.0754. The molecule has 0 aliphatic rings. The molecule has 0 N–H and O–H groups in total. The Morgan fingerprint density at radius 1 is 1.21 bits per heavy atom. The maximum absolute atomic E-state index is 13.0. The second kappa shape index (κ2) is 7.09. The van der Waals surface area contributed by atoms with E-state index in [0.29, 0.717) is 28.6 Å². The first-order chi connectivity index (χ1) is 13.4. The fourth-order valence-corrected chi connectivity index (χ4v) is 3.13.